The molecule has 0 spiro atoms. The van der Waals surface area contributed by atoms with Gasteiger partial charge in [0, 0.05) is 19.3 Å². The molecule has 10 nitrogen and oxygen atoms in total. The van der Waals surface area contributed by atoms with E-state index in [0.717, 1.165) is 5.06 Å². The molecule has 0 radical (unpaired) electrons. The van der Waals surface area contributed by atoms with Gasteiger partial charge < -0.3 is 14.4 Å². The highest BCUT2D eigenvalue weighted by Gasteiger charge is 2.32. The van der Waals surface area contributed by atoms with Gasteiger partial charge in [-0.25, -0.2) is 9.59 Å². The number of amides is 3. The number of carbonyl (C=O) groups is 5. The molecule has 136 valence electrons. The molecule has 0 N–H and O–H groups in total. The molecule has 2 aliphatic heterocycles. The van der Waals surface area contributed by atoms with Gasteiger partial charge in [-0.2, -0.15) is 0 Å². The summed E-state index contributed by atoms with van der Waals surface area (Å²) in [5, 5.41) is 1.34. The lowest BCUT2D eigenvalue weighted by Crippen LogP contribution is -2.32. The Kier molecular flexibility index (Phi) is 6.23. The van der Waals surface area contributed by atoms with Crippen LogP contribution in [0.4, 0.5) is 0 Å². The lowest BCUT2D eigenvalue weighted by molar-refractivity contribution is -0.198. The van der Waals surface area contributed by atoms with Gasteiger partial charge in [-0.05, 0) is 6.42 Å². The van der Waals surface area contributed by atoms with Gasteiger partial charge >= 0.3 is 11.9 Å². The summed E-state index contributed by atoms with van der Waals surface area (Å²) in [6.45, 7) is 3.53. The van der Waals surface area contributed by atoms with Gasteiger partial charge in [-0.1, -0.05) is 6.58 Å². The number of hydrogen-bond donors (Lipinski definition) is 0. The summed E-state index contributed by atoms with van der Waals surface area (Å²) >= 11 is 0. The van der Waals surface area contributed by atoms with Gasteiger partial charge in [0.2, 0.25) is 0 Å². The highest BCUT2D eigenvalue weighted by molar-refractivity contribution is 6.01. The van der Waals surface area contributed by atoms with Crippen molar-refractivity contribution in [2.75, 3.05) is 13.2 Å². The Morgan fingerprint density at radius 1 is 0.800 bits per heavy atom. The van der Waals surface area contributed by atoms with E-state index >= 15 is 0 Å². The maximum absolute atomic E-state index is 11.6. The van der Waals surface area contributed by atoms with Crippen LogP contribution in [-0.4, -0.2) is 53.0 Å². The number of ether oxygens (including phenoxy) is 1. The summed E-state index contributed by atoms with van der Waals surface area (Å²) in [5.74, 6) is -2.88. The molecule has 25 heavy (non-hydrogen) atoms. The van der Waals surface area contributed by atoms with E-state index in [2.05, 4.69) is 11.4 Å². The zero-order valence-corrected chi connectivity index (χ0v) is 13.5. The summed E-state index contributed by atoms with van der Waals surface area (Å²) < 4.78 is 5.10. The first-order valence-electron chi connectivity index (χ1n) is 7.74. The standard InChI is InChI=1S/C15H18N2O8/c1-10-2-3-11(18)16(10)24-14(21)6-8-23-9-7-15(22)25-17-12(19)4-5-13(17)20/h1-9H2. The fourth-order valence-electron chi connectivity index (χ4n) is 2.11. The van der Waals surface area contributed by atoms with E-state index < -0.39 is 23.8 Å². The summed E-state index contributed by atoms with van der Waals surface area (Å²) in [4.78, 5) is 66.5. The number of hydrogen-bond acceptors (Lipinski definition) is 8. The topological polar surface area (TPSA) is 120 Å². The molecule has 2 aliphatic rings. The van der Waals surface area contributed by atoms with Gasteiger partial charge in [0.05, 0.1) is 31.8 Å². The van der Waals surface area contributed by atoms with Crippen LogP contribution in [0, 0.1) is 0 Å². The molecule has 0 bridgehead atoms. The second kappa shape index (κ2) is 8.38. The molecule has 2 heterocycles. The Labute approximate surface area is 143 Å². The largest absolute Gasteiger partial charge is 0.380 e. The third-order valence-electron chi connectivity index (χ3n) is 3.43. The van der Waals surface area contributed by atoms with E-state index in [-0.39, 0.29) is 51.2 Å². The molecule has 0 unspecified atom stereocenters. The second-order valence-electron chi connectivity index (χ2n) is 5.38. The van der Waals surface area contributed by atoms with Crippen LogP contribution in [0.3, 0.4) is 0 Å². The van der Waals surface area contributed by atoms with Crippen molar-refractivity contribution >= 4 is 29.7 Å². The molecular formula is C15H18N2O8. The first-order chi connectivity index (χ1) is 11.9. The van der Waals surface area contributed by atoms with Gasteiger partial charge in [0.1, 0.15) is 0 Å². The summed E-state index contributed by atoms with van der Waals surface area (Å²) in [5.41, 5.74) is 0.424. The van der Waals surface area contributed by atoms with E-state index in [1.807, 2.05) is 0 Å². The Morgan fingerprint density at radius 2 is 1.24 bits per heavy atom. The smallest absolute Gasteiger partial charge is 0.335 e. The lowest BCUT2D eigenvalue weighted by Gasteiger charge is -2.15. The third kappa shape index (κ3) is 5.11. The molecule has 2 fully saturated rings. The fraction of sp³-hybridized carbons (Fsp3) is 0.533. The van der Waals surface area contributed by atoms with E-state index in [0.29, 0.717) is 17.2 Å². The summed E-state index contributed by atoms with van der Waals surface area (Å²) in [6, 6.07) is 0. The van der Waals surface area contributed by atoms with Crippen LogP contribution in [0.15, 0.2) is 12.3 Å². The summed E-state index contributed by atoms with van der Waals surface area (Å²) in [6.07, 6.45) is 0.454. The van der Waals surface area contributed by atoms with Crippen molar-refractivity contribution in [3.05, 3.63) is 12.3 Å². The first-order valence-corrected chi connectivity index (χ1v) is 7.74. The molecule has 2 rings (SSSR count). The number of carbonyl (C=O) groups excluding carboxylic acids is 5. The maximum Gasteiger partial charge on any atom is 0.335 e. The number of imide groups is 1. The van der Waals surface area contributed by atoms with Crippen LogP contribution in [0.25, 0.3) is 0 Å². The Bertz CT molecular complexity index is 531. The minimum atomic E-state index is -0.787. The third-order valence-corrected chi connectivity index (χ3v) is 3.43. The van der Waals surface area contributed by atoms with Crippen LogP contribution in [0.2, 0.25) is 0 Å². The van der Waals surface area contributed by atoms with Gasteiger partial charge in [-0.3, -0.25) is 14.4 Å². The molecule has 3 amide bonds. The van der Waals surface area contributed by atoms with E-state index in [1.165, 1.54) is 0 Å². The Balaban J connectivity index is 1.57. The molecule has 0 aromatic heterocycles. The monoisotopic (exact) mass is 354 g/mol. The SMILES string of the molecule is C=C1CCC(=O)N1OC(=O)CCOCCC(=O)ON1C(=O)CCC1=O. The average molecular weight is 354 g/mol. The Hall–Kier alpha value is -2.75. The van der Waals surface area contributed by atoms with Crippen LogP contribution < -0.4 is 0 Å². The maximum atomic E-state index is 11.6. The van der Waals surface area contributed by atoms with Crippen molar-refractivity contribution in [3.8, 4) is 0 Å². The predicted octanol–water partition coefficient (Wildman–Crippen LogP) is -0.0153. The molecule has 0 atom stereocenters. The molecule has 0 aliphatic carbocycles. The molecule has 10 heteroatoms. The normalized spacial score (nSPS) is 17.4. The number of hydroxylamine groups is 4. The van der Waals surface area contributed by atoms with Gasteiger partial charge in [0.15, 0.2) is 0 Å². The Morgan fingerprint density at radius 3 is 1.72 bits per heavy atom. The van der Waals surface area contributed by atoms with Crippen molar-refractivity contribution in [2.45, 2.75) is 38.5 Å². The van der Waals surface area contributed by atoms with E-state index in [4.69, 9.17) is 9.57 Å². The van der Waals surface area contributed by atoms with Crippen LogP contribution >= 0.6 is 0 Å². The van der Waals surface area contributed by atoms with Crippen LogP contribution in [0.1, 0.15) is 38.5 Å². The van der Waals surface area contributed by atoms with E-state index in [1.54, 1.807) is 0 Å². The minimum Gasteiger partial charge on any atom is -0.380 e. The van der Waals surface area contributed by atoms with Crippen molar-refractivity contribution in [1.29, 1.82) is 0 Å². The molecule has 0 aromatic rings. The molecule has 2 saturated heterocycles. The lowest BCUT2D eigenvalue weighted by atomic mass is 10.3. The van der Waals surface area contributed by atoms with Crippen molar-refractivity contribution < 1.29 is 38.4 Å². The second-order valence-corrected chi connectivity index (χ2v) is 5.38. The van der Waals surface area contributed by atoms with Crippen LogP contribution in [0.5, 0.6) is 0 Å². The highest BCUT2D eigenvalue weighted by Crippen LogP contribution is 2.21. The van der Waals surface area contributed by atoms with Crippen molar-refractivity contribution in [2.24, 2.45) is 0 Å². The average Bonchev–Trinajstić information content (AvgIpc) is 3.04. The zero-order chi connectivity index (χ0) is 18.4. The number of allylic oxidation sites excluding steroid dienone is 1. The first kappa shape index (κ1) is 18.6. The molecule has 0 aromatic carbocycles. The zero-order valence-electron chi connectivity index (χ0n) is 13.5. The highest BCUT2D eigenvalue weighted by atomic mass is 16.7. The fourth-order valence-corrected chi connectivity index (χ4v) is 2.11. The van der Waals surface area contributed by atoms with Gasteiger partial charge in [-0.15, -0.1) is 10.1 Å². The minimum absolute atomic E-state index is 0.0245. The number of nitrogens with zero attached hydrogens (tertiary/aromatic N) is 2. The van der Waals surface area contributed by atoms with Crippen molar-refractivity contribution in [3.63, 3.8) is 0 Å². The quantitative estimate of drug-likeness (QED) is 0.441. The van der Waals surface area contributed by atoms with Gasteiger partial charge in [0.25, 0.3) is 17.7 Å². The molecule has 0 saturated carbocycles. The van der Waals surface area contributed by atoms with E-state index in [9.17, 15) is 24.0 Å². The van der Waals surface area contributed by atoms with Crippen LogP contribution in [-0.2, 0) is 38.4 Å². The van der Waals surface area contributed by atoms with Crippen molar-refractivity contribution in [1.82, 2.24) is 10.1 Å². The predicted molar refractivity (Wildman–Crippen MR) is 78.5 cm³/mol. The molecular weight excluding hydrogens is 336 g/mol. The summed E-state index contributed by atoms with van der Waals surface area (Å²) in [7, 11) is 0. The number of rotatable bonds is 8.